The molecule has 1 aliphatic heterocycles. The third-order valence-electron chi connectivity index (χ3n) is 3.98. The Bertz CT molecular complexity index is 512. The fourth-order valence-electron chi connectivity index (χ4n) is 2.72. The van der Waals surface area contributed by atoms with Crippen LogP contribution in [0.25, 0.3) is 0 Å². The van der Waals surface area contributed by atoms with Crippen LogP contribution in [0.2, 0.25) is 0 Å². The van der Waals surface area contributed by atoms with Crippen LogP contribution in [0.1, 0.15) is 32.6 Å². The van der Waals surface area contributed by atoms with E-state index in [1.165, 1.54) is 6.92 Å². The number of likely N-dealkylation sites (tertiary alicyclic amines) is 1. The molecule has 1 rings (SSSR count). The van der Waals surface area contributed by atoms with Crippen molar-refractivity contribution < 1.29 is 29.4 Å². The van der Waals surface area contributed by atoms with Crippen LogP contribution in [0, 0.1) is 0 Å². The number of carboxylic acid groups (broad SMARTS) is 1. The van der Waals surface area contributed by atoms with Gasteiger partial charge in [-0.3, -0.25) is 14.4 Å². The van der Waals surface area contributed by atoms with Crippen molar-refractivity contribution in [1.29, 1.82) is 0 Å². The van der Waals surface area contributed by atoms with Crippen LogP contribution in [-0.2, 0) is 19.2 Å². The predicted molar refractivity (Wildman–Crippen MR) is 87.3 cm³/mol. The van der Waals surface area contributed by atoms with Gasteiger partial charge in [-0.25, -0.2) is 4.79 Å². The number of carbonyl (C=O) groups is 4. The molecule has 1 heterocycles. The molecule has 0 radical (unpaired) electrons. The van der Waals surface area contributed by atoms with Gasteiger partial charge in [0.05, 0.1) is 12.6 Å². The van der Waals surface area contributed by atoms with Gasteiger partial charge in [-0.2, -0.15) is 0 Å². The van der Waals surface area contributed by atoms with Crippen molar-refractivity contribution in [3.8, 4) is 0 Å². The first-order valence-corrected chi connectivity index (χ1v) is 8.23. The number of carboxylic acids is 1. The molecule has 25 heavy (non-hydrogen) atoms. The number of amides is 3. The summed E-state index contributed by atoms with van der Waals surface area (Å²) in [6.07, 6.45) is 0.539. The number of aliphatic hydroxyl groups excluding tert-OH is 1. The molecule has 0 saturated carbocycles. The number of aliphatic carboxylic acids is 1. The van der Waals surface area contributed by atoms with E-state index in [1.54, 1.807) is 0 Å². The molecule has 0 aromatic carbocycles. The summed E-state index contributed by atoms with van der Waals surface area (Å²) in [6, 6.07) is -2.25. The molecule has 142 valence electrons. The zero-order valence-electron chi connectivity index (χ0n) is 14.2. The van der Waals surface area contributed by atoms with E-state index in [-0.39, 0.29) is 25.4 Å². The standard InChI is InChI=1S/C15H26N4O6/c1-9(20)17-8-12(22)18-10(4-2-3-6-16)14(23)19-7-5-11(21)13(19)15(24)25/h10-11,13,21H,2-8,16H2,1H3,(H,17,20)(H,18,22)(H,24,25)/t10-,11?,13-/m0/s1. The molecule has 0 aliphatic carbocycles. The maximum Gasteiger partial charge on any atom is 0.329 e. The third kappa shape index (κ3) is 6.31. The summed E-state index contributed by atoms with van der Waals surface area (Å²) < 4.78 is 0. The van der Waals surface area contributed by atoms with Gasteiger partial charge in [0, 0.05) is 13.5 Å². The average molecular weight is 358 g/mol. The fourth-order valence-corrected chi connectivity index (χ4v) is 2.72. The lowest BCUT2D eigenvalue weighted by Gasteiger charge is -2.28. The van der Waals surface area contributed by atoms with Gasteiger partial charge >= 0.3 is 5.97 Å². The zero-order valence-corrected chi connectivity index (χ0v) is 14.2. The van der Waals surface area contributed by atoms with Gasteiger partial charge in [0.2, 0.25) is 17.7 Å². The Balaban J connectivity index is 2.79. The quantitative estimate of drug-likeness (QED) is 0.292. The second kappa shape index (κ2) is 9.94. The van der Waals surface area contributed by atoms with Crippen molar-refractivity contribution in [3.05, 3.63) is 0 Å². The molecule has 1 fully saturated rings. The van der Waals surface area contributed by atoms with Crippen LogP contribution in [0.5, 0.6) is 0 Å². The van der Waals surface area contributed by atoms with Crippen molar-refractivity contribution in [2.45, 2.75) is 50.8 Å². The first-order valence-electron chi connectivity index (χ1n) is 8.23. The number of unbranched alkanes of at least 4 members (excludes halogenated alkanes) is 1. The van der Waals surface area contributed by atoms with Crippen LogP contribution in [0.15, 0.2) is 0 Å². The first kappa shape index (κ1) is 20.8. The maximum absolute atomic E-state index is 12.7. The topological polar surface area (TPSA) is 162 Å². The summed E-state index contributed by atoms with van der Waals surface area (Å²) in [6.45, 7) is 1.52. The largest absolute Gasteiger partial charge is 0.480 e. The Morgan fingerprint density at radius 1 is 1.28 bits per heavy atom. The number of nitrogens with zero attached hydrogens (tertiary/aromatic N) is 1. The molecule has 1 unspecified atom stereocenters. The molecule has 10 heteroatoms. The van der Waals surface area contributed by atoms with E-state index in [1.807, 2.05) is 0 Å². The second-order valence-corrected chi connectivity index (χ2v) is 5.99. The number of rotatable bonds is 9. The Hall–Kier alpha value is -2.20. The Kier molecular flexibility index (Phi) is 8.29. The maximum atomic E-state index is 12.7. The van der Waals surface area contributed by atoms with Crippen molar-refractivity contribution in [3.63, 3.8) is 0 Å². The average Bonchev–Trinajstić information content (AvgIpc) is 2.93. The predicted octanol–water partition coefficient (Wildman–Crippen LogP) is -2.22. The van der Waals surface area contributed by atoms with Crippen molar-refractivity contribution in [2.75, 3.05) is 19.6 Å². The summed E-state index contributed by atoms with van der Waals surface area (Å²) in [4.78, 5) is 47.8. The summed E-state index contributed by atoms with van der Waals surface area (Å²) in [5.74, 6) is -2.77. The first-order chi connectivity index (χ1) is 11.8. The fraction of sp³-hybridized carbons (Fsp3) is 0.733. The second-order valence-electron chi connectivity index (χ2n) is 5.99. The van der Waals surface area contributed by atoms with E-state index in [4.69, 9.17) is 5.73 Å². The smallest absolute Gasteiger partial charge is 0.329 e. The van der Waals surface area contributed by atoms with E-state index >= 15 is 0 Å². The van der Waals surface area contributed by atoms with Crippen LogP contribution >= 0.6 is 0 Å². The molecule has 6 N–H and O–H groups in total. The Morgan fingerprint density at radius 3 is 2.52 bits per heavy atom. The summed E-state index contributed by atoms with van der Waals surface area (Å²) in [5, 5.41) is 23.8. The highest BCUT2D eigenvalue weighted by atomic mass is 16.4. The van der Waals surface area contributed by atoms with E-state index in [2.05, 4.69) is 10.6 Å². The van der Waals surface area contributed by atoms with Crippen molar-refractivity contribution in [1.82, 2.24) is 15.5 Å². The molecule has 3 amide bonds. The number of aliphatic hydroxyl groups is 1. The molecular formula is C15H26N4O6. The minimum atomic E-state index is -1.32. The number of nitrogens with two attached hydrogens (primary N) is 1. The molecule has 1 saturated heterocycles. The van der Waals surface area contributed by atoms with Crippen LogP contribution in [-0.4, -0.2) is 76.6 Å². The van der Waals surface area contributed by atoms with E-state index in [0.717, 1.165) is 4.90 Å². The van der Waals surface area contributed by atoms with Gasteiger partial charge < -0.3 is 31.5 Å². The highest BCUT2D eigenvalue weighted by Crippen LogP contribution is 2.20. The molecule has 10 nitrogen and oxygen atoms in total. The molecule has 3 atom stereocenters. The molecule has 1 aliphatic rings. The van der Waals surface area contributed by atoms with Crippen LogP contribution < -0.4 is 16.4 Å². The van der Waals surface area contributed by atoms with E-state index < -0.39 is 36.0 Å². The highest BCUT2D eigenvalue weighted by molar-refractivity contribution is 5.92. The normalized spacial score (nSPS) is 20.8. The van der Waals surface area contributed by atoms with E-state index in [0.29, 0.717) is 25.8 Å². The molecule has 0 spiro atoms. The van der Waals surface area contributed by atoms with Crippen LogP contribution in [0.4, 0.5) is 0 Å². The Morgan fingerprint density at radius 2 is 1.96 bits per heavy atom. The summed E-state index contributed by atoms with van der Waals surface area (Å²) in [5.41, 5.74) is 5.43. The van der Waals surface area contributed by atoms with Gasteiger partial charge in [0.1, 0.15) is 6.04 Å². The lowest BCUT2D eigenvalue weighted by atomic mass is 10.1. The minimum Gasteiger partial charge on any atom is -0.480 e. The SMILES string of the molecule is CC(=O)NCC(=O)N[C@@H](CCCCN)C(=O)N1CCC(O)[C@H]1C(=O)O. The van der Waals surface area contributed by atoms with E-state index in [9.17, 15) is 29.4 Å². The zero-order chi connectivity index (χ0) is 19.0. The summed E-state index contributed by atoms with van der Waals surface area (Å²) >= 11 is 0. The van der Waals surface area contributed by atoms with Gasteiger partial charge in [0.15, 0.2) is 6.04 Å². The monoisotopic (exact) mass is 358 g/mol. The molecule has 0 bridgehead atoms. The molecular weight excluding hydrogens is 332 g/mol. The molecule has 0 aromatic rings. The molecule has 0 aromatic heterocycles. The van der Waals surface area contributed by atoms with Gasteiger partial charge in [-0.05, 0) is 32.2 Å². The third-order valence-corrected chi connectivity index (χ3v) is 3.98. The Labute approximate surface area is 145 Å². The number of carbonyl (C=O) groups excluding carboxylic acids is 3. The lowest BCUT2D eigenvalue weighted by molar-refractivity contribution is -0.152. The van der Waals surface area contributed by atoms with Gasteiger partial charge in [-0.1, -0.05) is 0 Å². The minimum absolute atomic E-state index is 0.103. The van der Waals surface area contributed by atoms with Crippen molar-refractivity contribution in [2.24, 2.45) is 5.73 Å². The number of hydrogen-bond acceptors (Lipinski definition) is 6. The number of hydrogen-bond donors (Lipinski definition) is 5. The van der Waals surface area contributed by atoms with Crippen molar-refractivity contribution >= 4 is 23.7 Å². The van der Waals surface area contributed by atoms with Gasteiger partial charge in [-0.15, -0.1) is 0 Å². The lowest BCUT2D eigenvalue weighted by Crippen LogP contribution is -2.54. The van der Waals surface area contributed by atoms with Gasteiger partial charge in [0.25, 0.3) is 0 Å². The summed E-state index contributed by atoms with van der Waals surface area (Å²) in [7, 11) is 0. The van der Waals surface area contributed by atoms with Crippen LogP contribution in [0.3, 0.4) is 0 Å². The number of nitrogens with one attached hydrogen (secondary N) is 2. The highest BCUT2D eigenvalue weighted by Gasteiger charge is 2.43.